The fraction of sp³-hybridized carbons (Fsp3) is 0.385. The van der Waals surface area contributed by atoms with Crippen molar-refractivity contribution in [2.24, 2.45) is 0 Å². The molecule has 21 heavy (non-hydrogen) atoms. The SMILES string of the molecule is CCOC(=O)c1cnn(C2C=C(Br)C=CC2)c1C(F)(F)F. The largest absolute Gasteiger partial charge is 0.462 e. The molecule has 1 aromatic rings. The number of alkyl halides is 3. The summed E-state index contributed by atoms with van der Waals surface area (Å²) in [5.41, 5.74) is -1.65. The normalized spacial score (nSPS) is 18.5. The maximum Gasteiger partial charge on any atom is 0.433 e. The average molecular weight is 365 g/mol. The summed E-state index contributed by atoms with van der Waals surface area (Å²) in [6, 6.07) is -0.607. The molecule has 1 atom stereocenters. The molecule has 1 aliphatic rings. The number of esters is 1. The first-order chi connectivity index (χ1) is 9.84. The lowest BCUT2D eigenvalue weighted by Crippen LogP contribution is -2.22. The van der Waals surface area contributed by atoms with E-state index in [-0.39, 0.29) is 6.61 Å². The molecule has 4 nitrogen and oxygen atoms in total. The fourth-order valence-corrected chi connectivity index (χ4v) is 2.54. The van der Waals surface area contributed by atoms with Crippen LogP contribution in [-0.4, -0.2) is 22.4 Å². The number of carbonyl (C=O) groups is 1. The number of halogens is 4. The van der Waals surface area contributed by atoms with Crippen molar-refractivity contribution in [1.82, 2.24) is 9.78 Å². The molecule has 0 amide bonds. The van der Waals surface area contributed by atoms with Crippen LogP contribution in [0, 0.1) is 0 Å². The second kappa shape index (κ2) is 6.05. The van der Waals surface area contributed by atoms with E-state index in [9.17, 15) is 18.0 Å². The fourth-order valence-electron chi connectivity index (χ4n) is 2.05. The molecule has 0 saturated heterocycles. The Kier molecular flexibility index (Phi) is 4.55. The maximum absolute atomic E-state index is 13.3. The van der Waals surface area contributed by atoms with Crippen molar-refractivity contribution in [3.63, 3.8) is 0 Å². The highest BCUT2D eigenvalue weighted by molar-refractivity contribution is 9.11. The van der Waals surface area contributed by atoms with Crippen LogP contribution in [0.25, 0.3) is 0 Å². The van der Waals surface area contributed by atoms with E-state index in [1.807, 2.05) is 0 Å². The van der Waals surface area contributed by atoms with Gasteiger partial charge in [0.1, 0.15) is 5.56 Å². The quantitative estimate of drug-likeness (QED) is 0.765. The summed E-state index contributed by atoms with van der Waals surface area (Å²) in [5.74, 6) is -1.02. The van der Waals surface area contributed by atoms with E-state index in [1.165, 1.54) is 6.92 Å². The summed E-state index contributed by atoms with van der Waals surface area (Å²) in [7, 11) is 0. The Morgan fingerprint density at radius 2 is 2.29 bits per heavy atom. The minimum Gasteiger partial charge on any atom is -0.462 e. The highest BCUT2D eigenvalue weighted by atomic mass is 79.9. The molecule has 0 spiro atoms. The van der Waals surface area contributed by atoms with E-state index >= 15 is 0 Å². The van der Waals surface area contributed by atoms with Gasteiger partial charge in [0.15, 0.2) is 5.69 Å². The Bertz CT molecular complexity index is 605. The first-order valence-corrected chi connectivity index (χ1v) is 6.99. The van der Waals surface area contributed by atoms with Gasteiger partial charge in [0.05, 0.1) is 18.8 Å². The number of rotatable bonds is 3. The zero-order valence-electron chi connectivity index (χ0n) is 11.0. The van der Waals surface area contributed by atoms with Gasteiger partial charge in [0, 0.05) is 4.48 Å². The Morgan fingerprint density at radius 3 is 2.86 bits per heavy atom. The maximum atomic E-state index is 13.3. The Balaban J connectivity index is 2.48. The summed E-state index contributed by atoms with van der Waals surface area (Å²) in [6.07, 6.45) is 1.67. The van der Waals surface area contributed by atoms with Gasteiger partial charge < -0.3 is 4.74 Å². The monoisotopic (exact) mass is 364 g/mol. The van der Waals surface area contributed by atoms with Crippen LogP contribution < -0.4 is 0 Å². The number of nitrogens with zero attached hydrogens (tertiary/aromatic N) is 2. The van der Waals surface area contributed by atoms with Crippen molar-refractivity contribution in [3.05, 3.63) is 40.2 Å². The van der Waals surface area contributed by atoms with E-state index in [4.69, 9.17) is 0 Å². The van der Waals surface area contributed by atoms with Gasteiger partial charge in [-0.1, -0.05) is 28.1 Å². The topological polar surface area (TPSA) is 44.1 Å². The molecule has 8 heteroatoms. The van der Waals surface area contributed by atoms with E-state index in [2.05, 4.69) is 25.8 Å². The standard InChI is InChI=1S/C13H12BrF3N2O2/c1-2-21-12(20)10-7-18-19(11(10)13(15,16)17)9-5-3-4-8(14)6-9/h3-4,6-7,9H,2,5H2,1H3. The summed E-state index contributed by atoms with van der Waals surface area (Å²) >= 11 is 3.22. The van der Waals surface area contributed by atoms with Gasteiger partial charge in [-0.15, -0.1) is 0 Å². The van der Waals surface area contributed by atoms with Crippen molar-refractivity contribution in [2.45, 2.75) is 25.6 Å². The number of hydrogen-bond donors (Lipinski definition) is 0. The first-order valence-electron chi connectivity index (χ1n) is 6.20. The first kappa shape index (κ1) is 15.8. The average Bonchev–Trinajstić information content (AvgIpc) is 2.83. The number of ether oxygens (including phenoxy) is 1. The lowest BCUT2D eigenvalue weighted by Gasteiger charge is -2.19. The second-order valence-corrected chi connectivity index (χ2v) is 5.24. The molecule has 0 saturated carbocycles. The van der Waals surface area contributed by atoms with Crippen LogP contribution in [0.5, 0.6) is 0 Å². The van der Waals surface area contributed by atoms with Crippen molar-refractivity contribution in [2.75, 3.05) is 6.61 Å². The number of carbonyl (C=O) groups excluding carboxylic acids is 1. The third-order valence-corrected chi connectivity index (χ3v) is 3.41. The van der Waals surface area contributed by atoms with Crippen LogP contribution in [0.3, 0.4) is 0 Å². The zero-order valence-corrected chi connectivity index (χ0v) is 12.6. The van der Waals surface area contributed by atoms with Crippen LogP contribution in [0.4, 0.5) is 13.2 Å². The molecule has 114 valence electrons. The predicted molar refractivity (Wildman–Crippen MR) is 73.0 cm³/mol. The predicted octanol–water partition coefficient (Wildman–Crippen LogP) is 3.86. The Morgan fingerprint density at radius 1 is 1.57 bits per heavy atom. The molecule has 1 heterocycles. The van der Waals surface area contributed by atoms with Gasteiger partial charge in [-0.3, -0.25) is 4.68 Å². The van der Waals surface area contributed by atoms with Crippen LogP contribution in [0.1, 0.15) is 35.4 Å². The summed E-state index contributed by atoms with van der Waals surface area (Å²) in [6.45, 7) is 1.53. The number of hydrogen-bond acceptors (Lipinski definition) is 3. The van der Waals surface area contributed by atoms with Gasteiger partial charge in [0.25, 0.3) is 0 Å². The molecule has 0 bridgehead atoms. The van der Waals surface area contributed by atoms with Crippen molar-refractivity contribution >= 4 is 21.9 Å². The molecule has 0 fully saturated rings. The summed E-state index contributed by atoms with van der Waals surface area (Å²) < 4.78 is 46.0. The summed E-state index contributed by atoms with van der Waals surface area (Å²) in [5, 5.41) is 3.74. The smallest absolute Gasteiger partial charge is 0.433 e. The Labute approximate surface area is 127 Å². The Hall–Kier alpha value is -1.57. The lowest BCUT2D eigenvalue weighted by molar-refractivity contribution is -0.145. The highest BCUT2D eigenvalue weighted by Crippen LogP contribution is 2.36. The minimum atomic E-state index is -4.69. The van der Waals surface area contributed by atoms with Gasteiger partial charge in [-0.25, -0.2) is 4.79 Å². The van der Waals surface area contributed by atoms with Crippen LogP contribution >= 0.6 is 15.9 Å². The van der Waals surface area contributed by atoms with Gasteiger partial charge >= 0.3 is 12.1 Å². The molecule has 0 aliphatic heterocycles. The molecule has 1 aliphatic carbocycles. The van der Waals surface area contributed by atoms with Crippen molar-refractivity contribution < 1.29 is 22.7 Å². The second-order valence-electron chi connectivity index (χ2n) is 4.33. The van der Waals surface area contributed by atoms with Crippen LogP contribution in [-0.2, 0) is 10.9 Å². The number of aromatic nitrogens is 2. The molecule has 1 unspecified atom stereocenters. The van der Waals surface area contributed by atoms with E-state index < -0.39 is 29.4 Å². The van der Waals surface area contributed by atoms with E-state index in [0.717, 1.165) is 10.9 Å². The van der Waals surface area contributed by atoms with Crippen molar-refractivity contribution in [3.8, 4) is 0 Å². The van der Waals surface area contributed by atoms with Gasteiger partial charge in [-0.2, -0.15) is 18.3 Å². The lowest BCUT2D eigenvalue weighted by atomic mass is 10.1. The third kappa shape index (κ3) is 3.37. The molecule has 0 radical (unpaired) electrons. The zero-order chi connectivity index (χ0) is 15.6. The van der Waals surface area contributed by atoms with E-state index in [1.54, 1.807) is 18.2 Å². The number of allylic oxidation sites excluding steroid dienone is 4. The van der Waals surface area contributed by atoms with Crippen molar-refractivity contribution in [1.29, 1.82) is 0 Å². The minimum absolute atomic E-state index is 0.00106. The van der Waals surface area contributed by atoms with Crippen LogP contribution in [0.15, 0.2) is 28.9 Å². The third-order valence-electron chi connectivity index (χ3n) is 2.88. The molecule has 2 rings (SSSR count). The molecular formula is C13H12BrF3N2O2. The van der Waals surface area contributed by atoms with Gasteiger partial charge in [0.2, 0.25) is 0 Å². The van der Waals surface area contributed by atoms with Gasteiger partial charge in [-0.05, 0) is 19.4 Å². The molecular weight excluding hydrogens is 353 g/mol. The highest BCUT2D eigenvalue weighted by Gasteiger charge is 2.41. The molecule has 0 aromatic carbocycles. The van der Waals surface area contributed by atoms with Crippen LogP contribution in [0.2, 0.25) is 0 Å². The summed E-state index contributed by atoms with van der Waals surface area (Å²) in [4.78, 5) is 11.7. The molecule has 0 N–H and O–H groups in total. The molecule has 1 aromatic heterocycles. The van der Waals surface area contributed by atoms with E-state index in [0.29, 0.717) is 10.9 Å².